The summed E-state index contributed by atoms with van der Waals surface area (Å²) in [4.78, 5) is 1.50. The Morgan fingerprint density at radius 1 is 1.14 bits per heavy atom. The van der Waals surface area contributed by atoms with Gasteiger partial charge in [0.05, 0.1) is 23.4 Å². The minimum atomic E-state index is -4.18. The molecular formula is C26H35FN2O5S. The number of likely N-dealkylation sites (N-methyl/N-ethyl adjacent to an activating group) is 1. The van der Waals surface area contributed by atoms with Crippen LogP contribution in [-0.4, -0.2) is 73.6 Å². The molecule has 192 valence electrons. The number of halogens is 1. The minimum absolute atomic E-state index is 0.00309. The maximum atomic E-state index is 14.1. The highest BCUT2D eigenvalue weighted by Gasteiger charge is 2.57. The third kappa shape index (κ3) is 5.16. The number of nitrogens with one attached hydrogen (secondary N) is 1. The van der Waals surface area contributed by atoms with Crippen LogP contribution in [0.2, 0.25) is 0 Å². The molecule has 9 heteroatoms. The number of nitrogens with zero attached hydrogens (tertiary/aromatic N) is 1. The van der Waals surface area contributed by atoms with Crippen molar-refractivity contribution in [3.05, 3.63) is 66.0 Å². The molecule has 2 aromatic rings. The van der Waals surface area contributed by atoms with E-state index in [-0.39, 0.29) is 18.5 Å². The highest BCUT2D eigenvalue weighted by molar-refractivity contribution is 7.89. The first-order chi connectivity index (χ1) is 16.5. The van der Waals surface area contributed by atoms with Gasteiger partial charge >= 0.3 is 0 Å². The second-order valence-corrected chi connectivity index (χ2v) is 12.0. The summed E-state index contributed by atoms with van der Waals surface area (Å²) < 4.78 is 48.6. The molecular weight excluding hydrogens is 471 g/mol. The van der Waals surface area contributed by atoms with E-state index in [2.05, 4.69) is 4.72 Å². The van der Waals surface area contributed by atoms with Gasteiger partial charge in [-0.3, -0.25) is 0 Å². The Bertz CT molecular complexity index is 1130. The van der Waals surface area contributed by atoms with Gasteiger partial charge in [0.15, 0.2) is 0 Å². The van der Waals surface area contributed by atoms with Gasteiger partial charge in [0, 0.05) is 12.6 Å². The number of ether oxygens (including phenoxy) is 1. The average molecular weight is 507 g/mol. The van der Waals surface area contributed by atoms with Gasteiger partial charge < -0.3 is 19.8 Å². The van der Waals surface area contributed by atoms with E-state index in [1.165, 1.54) is 18.2 Å². The van der Waals surface area contributed by atoms with Crippen LogP contribution >= 0.6 is 0 Å². The maximum absolute atomic E-state index is 14.1. The summed E-state index contributed by atoms with van der Waals surface area (Å²) in [6.07, 6.45) is 0.0489. The summed E-state index contributed by atoms with van der Waals surface area (Å²) in [5.41, 5.74) is -0.951. The molecule has 4 rings (SSSR count). The Labute approximate surface area is 207 Å². The predicted octanol–water partition coefficient (Wildman–Crippen LogP) is 2.64. The fourth-order valence-electron chi connectivity index (χ4n) is 5.80. The van der Waals surface area contributed by atoms with E-state index in [9.17, 15) is 23.0 Å². The van der Waals surface area contributed by atoms with Crippen molar-refractivity contribution in [1.82, 2.24) is 9.62 Å². The molecule has 6 atom stereocenters. The number of rotatable bonds is 7. The summed E-state index contributed by atoms with van der Waals surface area (Å²) in [5.74, 6) is -0.854. The molecule has 0 amide bonds. The quantitative estimate of drug-likeness (QED) is 0.534. The lowest BCUT2D eigenvalue weighted by Crippen LogP contribution is -2.61. The van der Waals surface area contributed by atoms with Gasteiger partial charge in [-0.1, -0.05) is 42.5 Å². The SMILES string of the molecule is CN(C)[C@@H]1CC[C@@]2([C@H](O)CNS(=O)(=O)c3ccccc3F)C[C@H](c3ccccc3)C[C@](C)(O2)[C@H]1O. The maximum Gasteiger partial charge on any atom is 0.243 e. The first kappa shape index (κ1) is 26.2. The summed E-state index contributed by atoms with van der Waals surface area (Å²) in [6, 6.07) is 14.9. The van der Waals surface area contributed by atoms with E-state index in [1.807, 2.05) is 56.3 Å². The van der Waals surface area contributed by atoms with Crippen LogP contribution in [0.25, 0.3) is 0 Å². The number of aliphatic hydroxyl groups excluding tert-OH is 2. The largest absolute Gasteiger partial charge is 0.389 e. The molecule has 2 aliphatic rings. The summed E-state index contributed by atoms with van der Waals surface area (Å²) >= 11 is 0. The van der Waals surface area contributed by atoms with E-state index < -0.39 is 44.1 Å². The normalized spacial score (nSPS) is 32.3. The Hall–Kier alpha value is -1.88. The van der Waals surface area contributed by atoms with Crippen LogP contribution in [0.15, 0.2) is 59.5 Å². The molecule has 2 aromatic carbocycles. The van der Waals surface area contributed by atoms with E-state index >= 15 is 0 Å². The summed E-state index contributed by atoms with van der Waals surface area (Å²) in [5, 5.41) is 22.8. The van der Waals surface area contributed by atoms with Crippen molar-refractivity contribution in [2.75, 3.05) is 20.6 Å². The van der Waals surface area contributed by atoms with Crippen molar-refractivity contribution in [3.63, 3.8) is 0 Å². The van der Waals surface area contributed by atoms with Crippen molar-refractivity contribution < 1.29 is 27.8 Å². The van der Waals surface area contributed by atoms with Crippen LogP contribution in [0.4, 0.5) is 4.39 Å². The lowest BCUT2D eigenvalue weighted by molar-refractivity contribution is -0.250. The second kappa shape index (κ2) is 9.88. The Morgan fingerprint density at radius 2 is 1.80 bits per heavy atom. The predicted molar refractivity (Wildman–Crippen MR) is 131 cm³/mol. The average Bonchev–Trinajstić information content (AvgIpc) is 2.90. The fraction of sp³-hybridized carbons (Fsp3) is 0.538. The smallest absolute Gasteiger partial charge is 0.243 e. The van der Waals surface area contributed by atoms with Gasteiger partial charge in [0.2, 0.25) is 10.0 Å². The zero-order valence-corrected chi connectivity index (χ0v) is 21.2. The highest BCUT2D eigenvalue weighted by atomic mass is 32.2. The van der Waals surface area contributed by atoms with Crippen molar-refractivity contribution in [3.8, 4) is 0 Å². The number of benzene rings is 2. The van der Waals surface area contributed by atoms with Gasteiger partial charge in [-0.05, 0) is 70.3 Å². The molecule has 0 aliphatic carbocycles. The monoisotopic (exact) mass is 506 g/mol. The Morgan fingerprint density at radius 3 is 2.46 bits per heavy atom. The minimum Gasteiger partial charge on any atom is -0.389 e. The third-order valence-electron chi connectivity index (χ3n) is 7.67. The Kier molecular flexibility index (Phi) is 7.39. The summed E-state index contributed by atoms with van der Waals surface area (Å²) in [6.45, 7) is 1.54. The van der Waals surface area contributed by atoms with Crippen LogP contribution in [-0.2, 0) is 14.8 Å². The van der Waals surface area contributed by atoms with Gasteiger partial charge in [-0.2, -0.15) is 0 Å². The van der Waals surface area contributed by atoms with Crippen LogP contribution in [0, 0.1) is 5.82 Å². The number of sulfonamides is 1. The van der Waals surface area contributed by atoms with Crippen molar-refractivity contribution in [2.45, 2.75) is 72.9 Å². The van der Waals surface area contributed by atoms with E-state index in [0.717, 1.165) is 11.6 Å². The second-order valence-electron chi connectivity index (χ2n) is 10.3. The number of hydrogen-bond donors (Lipinski definition) is 3. The van der Waals surface area contributed by atoms with Crippen LogP contribution < -0.4 is 4.72 Å². The molecule has 7 nitrogen and oxygen atoms in total. The van der Waals surface area contributed by atoms with E-state index in [4.69, 9.17) is 4.74 Å². The first-order valence-corrected chi connectivity index (χ1v) is 13.5. The molecule has 2 aliphatic heterocycles. The Balaban J connectivity index is 1.65. The molecule has 2 heterocycles. The first-order valence-electron chi connectivity index (χ1n) is 12.0. The third-order valence-corrected chi connectivity index (χ3v) is 9.12. The number of hydrogen-bond acceptors (Lipinski definition) is 6. The topological polar surface area (TPSA) is 99.1 Å². The summed E-state index contributed by atoms with van der Waals surface area (Å²) in [7, 11) is -0.359. The molecule has 0 spiro atoms. The van der Waals surface area contributed by atoms with Crippen LogP contribution in [0.1, 0.15) is 44.1 Å². The standard InChI is InChI=1S/C26H35FN2O5S/c1-25-15-19(18-9-5-4-6-10-18)16-26(34-25,14-13-21(24(25)31)29(2)3)23(30)17-28-35(32,33)22-12-8-7-11-20(22)27/h4-12,19,21,23-24,28,30-31H,13-17H2,1-3H3/t19-,21-,23-,24+,25+,26+/m1/s1. The van der Waals surface area contributed by atoms with Crippen LogP contribution in [0.5, 0.6) is 0 Å². The van der Waals surface area contributed by atoms with Gasteiger partial charge in [0.1, 0.15) is 10.7 Å². The van der Waals surface area contributed by atoms with Crippen molar-refractivity contribution in [1.29, 1.82) is 0 Å². The molecule has 35 heavy (non-hydrogen) atoms. The van der Waals surface area contributed by atoms with E-state index in [0.29, 0.717) is 25.7 Å². The zero-order chi connectivity index (χ0) is 25.4. The lowest BCUT2D eigenvalue weighted by Gasteiger charge is -2.52. The number of fused-ring (bicyclic) bond motifs is 2. The van der Waals surface area contributed by atoms with Gasteiger partial charge in [-0.15, -0.1) is 0 Å². The molecule has 0 unspecified atom stereocenters. The molecule has 3 N–H and O–H groups in total. The molecule has 2 fully saturated rings. The van der Waals surface area contributed by atoms with Crippen LogP contribution in [0.3, 0.4) is 0 Å². The molecule has 2 saturated heterocycles. The molecule has 0 saturated carbocycles. The van der Waals surface area contributed by atoms with Crippen molar-refractivity contribution in [2.24, 2.45) is 0 Å². The fourth-order valence-corrected chi connectivity index (χ4v) is 6.92. The van der Waals surface area contributed by atoms with E-state index in [1.54, 1.807) is 0 Å². The highest BCUT2D eigenvalue weighted by Crippen LogP contribution is 2.51. The van der Waals surface area contributed by atoms with Gasteiger partial charge in [-0.25, -0.2) is 17.5 Å². The molecule has 0 radical (unpaired) electrons. The lowest BCUT2D eigenvalue weighted by atomic mass is 9.72. The van der Waals surface area contributed by atoms with Gasteiger partial charge in [0.25, 0.3) is 0 Å². The molecule has 0 aromatic heterocycles. The van der Waals surface area contributed by atoms with Crippen molar-refractivity contribution >= 4 is 10.0 Å². The zero-order valence-electron chi connectivity index (χ0n) is 20.4. The number of aliphatic hydroxyl groups is 2. The molecule has 2 bridgehead atoms.